The number of amides is 1. The molecule has 12 heavy (non-hydrogen) atoms. The normalized spacial score (nSPS) is 30.1. The highest BCUT2D eigenvalue weighted by Gasteiger charge is 2.25. The first-order chi connectivity index (χ1) is 5.65. The lowest BCUT2D eigenvalue weighted by atomic mass is 9.89. The molecule has 3 heteroatoms. The quantitative estimate of drug-likeness (QED) is 0.555. The van der Waals surface area contributed by atoms with Crippen LogP contribution in [-0.4, -0.2) is 31.2 Å². The number of carbonyl (C=O) groups excluding carboxylic acids is 1. The van der Waals surface area contributed by atoms with Crippen LogP contribution in [0.3, 0.4) is 0 Å². The van der Waals surface area contributed by atoms with E-state index in [1.54, 1.807) is 4.90 Å². The molecule has 70 valence electrons. The number of likely N-dealkylation sites (tertiary alicyclic amines) is 1. The Bertz CT molecular complexity index is 170. The molecule has 3 nitrogen and oxygen atoms in total. The predicted molar refractivity (Wildman–Crippen MR) is 46.9 cm³/mol. The summed E-state index contributed by atoms with van der Waals surface area (Å²) in [4.78, 5) is 12.9. The summed E-state index contributed by atoms with van der Waals surface area (Å²) in [6, 6.07) is 0. The van der Waals surface area contributed by atoms with Gasteiger partial charge in [-0.05, 0) is 18.3 Å². The summed E-state index contributed by atoms with van der Waals surface area (Å²) in [6.45, 7) is 6.10. The molecule has 0 aliphatic carbocycles. The summed E-state index contributed by atoms with van der Waals surface area (Å²) < 4.78 is 4.66. The van der Waals surface area contributed by atoms with Crippen LogP contribution < -0.4 is 0 Å². The average Bonchev–Trinajstić information content (AvgIpc) is 2.08. The summed E-state index contributed by atoms with van der Waals surface area (Å²) in [5.74, 6) is 1.32. The topological polar surface area (TPSA) is 29.5 Å². The van der Waals surface area contributed by atoms with Gasteiger partial charge < -0.3 is 9.64 Å². The Labute approximate surface area is 73.7 Å². The fraction of sp³-hybridized carbons (Fsp3) is 0.889. The van der Waals surface area contributed by atoms with E-state index in [1.165, 1.54) is 7.11 Å². The Balaban J connectivity index is 2.45. The molecule has 2 atom stereocenters. The smallest absolute Gasteiger partial charge is 0.409 e. The van der Waals surface area contributed by atoms with E-state index < -0.39 is 0 Å². The van der Waals surface area contributed by atoms with Crippen LogP contribution in [0.2, 0.25) is 0 Å². The molecule has 0 saturated carbocycles. The lowest BCUT2D eigenvalue weighted by molar-refractivity contribution is 0.0905. The van der Waals surface area contributed by atoms with Crippen LogP contribution in [-0.2, 0) is 4.74 Å². The van der Waals surface area contributed by atoms with Crippen molar-refractivity contribution in [3.05, 3.63) is 0 Å². The Morgan fingerprint density at radius 3 is 2.58 bits per heavy atom. The molecule has 0 radical (unpaired) electrons. The lowest BCUT2D eigenvalue weighted by Gasteiger charge is -2.34. The fourth-order valence-electron chi connectivity index (χ4n) is 1.56. The van der Waals surface area contributed by atoms with Gasteiger partial charge in [-0.25, -0.2) is 4.79 Å². The van der Waals surface area contributed by atoms with Gasteiger partial charge in [-0.1, -0.05) is 13.8 Å². The molecule has 0 bridgehead atoms. The van der Waals surface area contributed by atoms with Crippen molar-refractivity contribution in [1.82, 2.24) is 4.90 Å². The van der Waals surface area contributed by atoms with Gasteiger partial charge in [0.1, 0.15) is 0 Å². The van der Waals surface area contributed by atoms with E-state index in [0.717, 1.165) is 25.4 Å². The number of piperidine rings is 1. The maximum atomic E-state index is 11.1. The van der Waals surface area contributed by atoms with Crippen LogP contribution in [0.4, 0.5) is 4.79 Å². The van der Waals surface area contributed by atoms with Crippen LogP contribution in [0.15, 0.2) is 0 Å². The molecule has 1 amide bonds. The molecule has 0 spiro atoms. The van der Waals surface area contributed by atoms with Gasteiger partial charge in [0.2, 0.25) is 0 Å². The van der Waals surface area contributed by atoms with Gasteiger partial charge >= 0.3 is 6.09 Å². The number of hydrogen-bond donors (Lipinski definition) is 0. The van der Waals surface area contributed by atoms with Crippen molar-refractivity contribution in [1.29, 1.82) is 0 Å². The van der Waals surface area contributed by atoms with E-state index in [9.17, 15) is 4.79 Å². The largest absolute Gasteiger partial charge is 0.453 e. The molecular formula is C9H17NO2. The van der Waals surface area contributed by atoms with Crippen molar-refractivity contribution < 1.29 is 9.53 Å². The molecular weight excluding hydrogens is 154 g/mol. The second-order valence-corrected chi connectivity index (χ2v) is 3.66. The van der Waals surface area contributed by atoms with Crippen LogP contribution in [0.5, 0.6) is 0 Å². The first-order valence-electron chi connectivity index (χ1n) is 4.48. The zero-order valence-corrected chi connectivity index (χ0v) is 8.04. The SMILES string of the molecule is COC(=O)N1CCC(C)C(C)C1. The monoisotopic (exact) mass is 171 g/mol. The second kappa shape index (κ2) is 3.78. The Hall–Kier alpha value is -0.730. The molecule has 0 aromatic heterocycles. The lowest BCUT2D eigenvalue weighted by Crippen LogP contribution is -2.42. The highest BCUT2D eigenvalue weighted by Crippen LogP contribution is 2.22. The third kappa shape index (κ3) is 1.90. The molecule has 0 aromatic rings. The molecule has 2 unspecified atom stereocenters. The summed E-state index contributed by atoms with van der Waals surface area (Å²) in [6.07, 6.45) is 0.907. The molecule has 0 N–H and O–H groups in total. The molecule has 1 rings (SSSR count). The minimum absolute atomic E-state index is 0.186. The van der Waals surface area contributed by atoms with Crippen molar-refractivity contribution >= 4 is 6.09 Å². The van der Waals surface area contributed by atoms with Crippen LogP contribution in [0.1, 0.15) is 20.3 Å². The summed E-state index contributed by atoms with van der Waals surface area (Å²) in [5.41, 5.74) is 0. The van der Waals surface area contributed by atoms with E-state index in [2.05, 4.69) is 18.6 Å². The minimum Gasteiger partial charge on any atom is -0.453 e. The first-order valence-corrected chi connectivity index (χ1v) is 4.48. The van der Waals surface area contributed by atoms with Gasteiger partial charge in [0.25, 0.3) is 0 Å². The first kappa shape index (κ1) is 9.36. The fourth-order valence-corrected chi connectivity index (χ4v) is 1.56. The highest BCUT2D eigenvalue weighted by atomic mass is 16.5. The molecule has 1 heterocycles. The van der Waals surface area contributed by atoms with E-state index in [0.29, 0.717) is 5.92 Å². The van der Waals surface area contributed by atoms with E-state index in [-0.39, 0.29) is 6.09 Å². The van der Waals surface area contributed by atoms with Crippen LogP contribution >= 0.6 is 0 Å². The summed E-state index contributed by atoms with van der Waals surface area (Å²) >= 11 is 0. The van der Waals surface area contributed by atoms with Crippen molar-refractivity contribution in [2.75, 3.05) is 20.2 Å². The van der Waals surface area contributed by atoms with Gasteiger partial charge in [-0.15, -0.1) is 0 Å². The van der Waals surface area contributed by atoms with Crippen molar-refractivity contribution in [2.45, 2.75) is 20.3 Å². The zero-order chi connectivity index (χ0) is 9.14. The van der Waals surface area contributed by atoms with Crippen LogP contribution in [0, 0.1) is 11.8 Å². The summed E-state index contributed by atoms with van der Waals surface area (Å²) in [7, 11) is 1.44. The zero-order valence-electron chi connectivity index (χ0n) is 8.04. The summed E-state index contributed by atoms with van der Waals surface area (Å²) in [5, 5.41) is 0. The van der Waals surface area contributed by atoms with Gasteiger partial charge in [-0.3, -0.25) is 0 Å². The van der Waals surface area contributed by atoms with E-state index >= 15 is 0 Å². The maximum Gasteiger partial charge on any atom is 0.409 e. The molecule has 1 aliphatic heterocycles. The number of nitrogens with zero attached hydrogens (tertiary/aromatic N) is 1. The van der Waals surface area contributed by atoms with Crippen molar-refractivity contribution in [3.63, 3.8) is 0 Å². The average molecular weight is 171 g/mol. The Morgan fingerprint density at radius 1 is 1.42 bits per heavy atom. The third-order valence-electron chi connectivity index (χ3n) is 2.77. The number of carbonyl (C=O) groups is 1. The predicted octanol–water partition coefficient (Wildman–Crippen LogP) is 1.73. The van der Waals surface area contributed by atoms with Gasteiger partial charge in [-0.2, -0.15) is 0 Å². The molecule has 0 aromatic carbocycles. The molecule has 1 saturated heterocycles. The van der Waals surface area contributed by atoms with Crippen molar-refractivity contribution in [2.24, 2.45) is 11.8 Å². The molecule has 1 aliphatic rings. The van der Waals surface area contributed by atoms with Crippen LogP contribution in [0.25, 0.3) is 0 Å². The number of methoxy groups -OCH3 is 1. The number of hydrogen-bond acceptors (Lipinski definition) is 2. The van der Waals surface area contributed by atoms with E-state index in [4.69, 9.17) is 0 Å². The minimum atomic E-state index is -0.186. The van der Waals surface area contributed by atoms with Crippen molar-refractivity contribution in [3.8, 4) is 0 Å². The van der Waals surface area contributed by atoms with Gasteiger partial charge in [0.05, 0.1) is 7.11 Å². The third-order valence-corrected chi connectivity index (χ3v) is 2.77. The maximum absolute atomic E-state index is 11.1. The number of rotatable bonds is 0. The van der Waals surface area contributed by atoms with E-state index in [1.807, 2.05) is 0 Å². The Morgan fingerprint density at radius 2 is 2.08 bits per heavy atom. The Kier molecular flexibility index (Phi) is 2.95. The molecule has 1 fully saturated rings. The second-order valence-electron chi connectivity index (χ2n) is 3.66. The highest BCUT2D eigenvalue weighted by molar-refractivity contribution is 5.67. The standard InChI is InChI=1S/C9H17NO2/c1-7-4-5-10(6-8(7)2)9(11)12-3/h7-8H,4-6H2,1-3H3. The van der Waals surface area contributed by atoms with Gasteiger partial charge in [0.15, 0.2) is 0 Å². The number of ether oxygens (including phenoxy) is 1. The van der Waals surface area contributed by atoms with Gasteiger partial charge in [0, 0.05) is 13.1 Å².